The molecule has 0 radical (unpaired) electrons. The average Bonchev–Trinajstić information content (AvgIpc) is 2.92. The molecule has 6 nitrogen and oxygen atoms in total. The Morgan fingerprint density at radius 2 is 2.32 bits per heavy atom. The molecule has 118 valence electrons. The molecule has 1 aromatic rings. The molecule has 0 bridgehead atoms. The van der Waals surface area contributed by atoms with Gasteiger partial charge in [0.2, 0.25) is 5.88 Å². The van der Waals surface area contributed by atoms with Crippen molar-refractivity contribution in [3.63, 3.8) is 0 Å². The molecular formula is C16H21N3O3. The number of likely N-dealkylation sites (tertiary alicyclic amines) is 1. The van der Waals surface area contributed by atoms with Crippen molar-refractivity contribution in [3.8, 4) is 11.9 Å². The first-order chi connectivity index (χ1) is 10.4. The van der Waals surface area contributed by atoms with Gasteiger partial charge in [0.15, 0.2) is 0 Å². The van der Waals surface area contributed by atoms with Gasteiger partial charge in [0.1, 0.15) is 23.8 Å². The molecular weight excluding hydrogens is 282 g/mol. The molecule has 0 saturated carbocycles. The highest BCUT2D eigenvalue weighted by atomic mass is 16.6. The first-order valence-corrected chi connectivity index (χ1v) is 7.38. The van der Waals surface area contributed by atoms with Crippen molar-refractivity contribution < 1.29 is 14.3 Å². The molecule has 0 aromatic carbocycles. The minimum atomic E-state index is -0.514. The lowest BCUT2D eigenvalue weighted by Crippen LogP contribution is -2.42. The van der Waals surface area contributed by atoms with Crippen molar-refractivity contribution >= 4 is 6.09 Å². The molecule has 2 rings (SSSR count). The number of nitriles is 1. The van der Waals surface area contributed by atoms with Crippen molar-refractivity contribution in [1.82, 2.24) is 9.88 Å². The van der Waals surface area contributed by atoms with Crippen LogP contribution >= 0.6 is 0 Å². The van der Waals surface area contributed by atoms with Crippen LogP contribution in [0.25, 0.3) is 0 Å². The molecule has 1 fully saturated rings. The monoisotopic (exact) mass is 303 g/mol. The van der Waals surface area contributed by atoms with E-state index in [-0.39, 0.29) is 12.1 Å². The Morgan fingerprint density at radius 3 is 3.00 bits per heavy atom. The van der Waals surface area contributed by atoms with Gasteiger partial charge in [-0.05, 0) is 45.7 Å². The molecule has 1 aliphatic heterocycles. The predicted molar refractivity (Wildman–Crippen MR) is 80.4 cm³/mol. The molecule has 0 unspecified atom stereocenters. The second-order valence-electron chi connectivity index (χ2n) is 6.25. The van der Waals surface area contributed by atoms with Crippen molar-refractivity contribution in [1.29, 1.82) is 5.26 Å². The van der Waals surface area contributed by atoms with Crippen LogP contribution in [0, 0.1) is 11.3 Å². The lowest BCUT2D eigenvalue weighted by atomic mass is 10.2. The minimum absolute atomic E-state index is 0.0524. The van der Waals surface area contributed by atoms with Gasteiger partial charge < -0.3 is 14.4 Å². The maximum atomic E-state index is 12.2. The Balaban J connectivity index is 1.97. The number of carbonyl (C=O) groups excluding carboxylic acids is 1. The van der Waals surface area contributed by atoms with Crippen molar-refractivity contribution in [2.24, 2.45) is 0 Å². The number of aromatic nitrogens is 1. The lowest BCUT2D eigenvalue weighted by molar-refractivity contribution is 0.0185. The van der Waals surface area contributed by atoms with Crippen LogP contribution in [-0.4, -0.2) is 40.8 Å². The predicted octanol–water partition coefficient (Wildman–Crippen LogP) is 2.73. The molecule has 1 atom stereocenters. The second kappa shape index (κ2) is 6.65. The van der Waals surface area contributed by atoms with E-state index in [1.54, 1.807) is 23.2 Å². The van der Waals surface area contributed by atoms with Crippen LogP contribution in [0.15, 0.2) is 18.3 Å². The van der Waals surface area contributed by atoms with Gasteiger partial charge in [-0.2, -0.15) is 5.26 Å². The summed E-state index contributed by atoms with van der Waals surface area (Å²) in [5.74, 6) is 0.307. The summed E-state index contributed by atoms with van der Waals surface area (Å²) < 4.78 is 11.1. The molecule has 1 aromatic heterocycles. The number of carbonyl (C=O) groups is 1. The highest BCUT2D eigenvalue weighted by molar-refractivity contribution is 5.69. The summed E-state index contributed by atoms with van der Waals surface area (Å²) in [5, 5.41) is 9.02. The molecule has 0 aliphatic carbocycles. The standard InChI is InChI=1S/C16H21N3O3/c1-16(2,3)22-15(20)19-9-5-7-13(19)11-21-14-12(10-17)6-4-8-18-14/h4,6,8,13H,5,7,9,11H2,1-3H3/t13-/m1/s1. The maximum absolute atomic E-state index is 12.2. The summed E-state index contributed by atoms with van der Waals surface area (Å²) in [6, 6.07) is 5.33. The first-order valence-electron chi connectivity index (χ1n) is 7.38. The van der Waals surface area contributed by atoms with E-state index in [1.165, 1.54) is 0 Å². The number of hydrogen-bond acceptors (Lipinski definition) is 5. The largest absolute Gasteiger partial charge is 0.475 e. The molecule has 2 heterocycles. The van der Waals surface area contributed by atoms with Crippen molar-refractivity contribution in [3.05, 3.63) is 23.9 Å². The van der Waals surface area contributed by atoms with Gasteiger partial charge in [0.05, 0.1) is 6.04 Å². The summed E-state index contributed by atoms with van der Waals surface area (Å²) in [4.78, 5) is 17.9. The van der Waals surface area contributed by atoms with E-state index in [2.05, 4.69) is 4.98 Å². The van der Waals surface area contributed by atoms with Gasteiger partial charge in [0.25, 0.3) is 0 Å². The Labute approximate surface area is 130 Å². The van der Waals surface area contributed by atoms with E-state index in [9.17, 15) is 4.79 Å². The topological polar surface area (TPSA) is 75.4 Å². The zero-order valence-electron chi connectivity index (χ0n) is 13.2. The summed E-state index contributed by atoms with van der Waals surface area (Å²) in [6.45, 7) is 6.51. The van der Waals surface area contributed by atoms with Crippen LogP contribution in [0.4, 0.5) is 4.79 Å². The Hall–Kier alpha value is -2.29. The smallest absolute Gasteiger partial charge is 0.410 e. The van der Waals surface area contributed by atoms with E-state index in [0.717, 1.165) is 12.8 Å². The molecule has 1 amide bonds. The third-order valence-corrected chi connectivity index (χ3v) is 3.31. The number of ether oxygens (including phenoxy) is 2. The molecule has 1 aliphatic rings. The quantitative estimate of drug-likeness (QED) is 0.858. The van der Waals surface area contributed by atoms with Crippen LogP contribution < -0.4 is 4.74 Å². The van der Waals surface area contributed by atoms with Gasteiger partial charge in [-0.25, -0.2) is 9.78 Å². The highest BCUT2D eigenvalue weighted by Crippen LogP contribution is 2.22. The zero-order valence-corrected chi connectivity index (χ0v) is 13.2. The van der Waals surface area contributed by atoms with Gasteiger partial charge in [-0.1, -0.05) is 0 Å². The molecule has 0 N–H and O–H groups in total. The fraction of sp³-hybridized carbons (Fsp3) is 0.562. The Morgan fingerprint density at radius 1 is 1.55 bits per heavy atom. The van der Waals surface area contributed by atoms with Crippen LogP contribution in [0.2, 0.25) is 0 Å². The number of rotatable bonds is 3. The summed E-state index contributed by atoms with van der Waals surface area (Å²) >= 11 is 0. The molecule has 1 saturated heterocycles. The van der Waals surface area contributed by atoms with Gasteiger partial charge >= 0.3 is 6.09 Å². The number of hydrogen-bond donors (Lipinski definition) is 0. The third-order valence-electron chi connectivity index (χ3n) is 3.31. The second-order valence-corrected chi connectivity index (χ2v) is 6.25. The fourth-order valence-electron chi connectivity index (χ4n) is 2.34. The van der Waals surface area contributed by atoms with E-state index >= 15 is 0 Å². The third kappa shape index (κ3) is 4.10. The van der Waals surface area contributed by atoms with E-state index < -0.39 is 5.60 Å². The summed E-state index contributed by atoms with van der Waals surface area (Å²) in [7, 11) is 0. The Bertz CT molecular complexity index is 575. The Kier molecular flexibility index (Phi) is 4.86. The SMILES string of the molecule is CC(C)(C)OC(=O)N1CCC[C@@H]1COc1ncccc1C#N. The molecule has 6 heteroatoms. The average molecular weight is 303 g/mol. The van der Waals surface area contributed by atoms with Crippen LogP contribution in [0.5, 0.6) is 5.88 Å². The van der Waals surface area contributed by atoms with Gasteiger partial charge in [-0.15, -0.1) is 0 Å². The lowest BCUT2D eigenvalue weighted by Gasteiger charge is -2.28. The molecule has 22 heavy (non-hydrogen) atoms. The fourth-order valence-corrected chi connectivity index (χ4v) is 2.34. The van der Waals surface area contributed by atoms with E-state index in [4.69, 9.17) is 14.7 Å². The summed E-state index contributed by atoms with van der Waals surface area (Å²) in [5.41, 5.74) is -0.121. The van der Waals surface area contributed by atoms with Gasteiger partial charge in [0, 0.05) is 12.7 Å². The zero-order chi connectivity index (χ0) is 16.2. The number of pyridine rings is 1. The van der Waals surface area contributed by atoms with Crippen LogP contribution in [-0.2, 0) is 4.74 Å². The number of nitrogens with zero attached hydrogens (tertiary/aromatic N) is 3. The van der Waals surface area contributed by atoms with Crippen LogP contribution in [0.1, 0.15) is 39.2 Å². The van der Waals surface area contributed by atoms with Crippen molar-refractivity contribution in [2.75, 3.05) is 13.2 Å². The number of amides is 1. The van der Waals surface area contributed by atoms with Crippen LogP contribution in [0.3, 0.4) is 0 Å². The highest BCUT2D eigenvalue weighted by Gasteiger charge is 2.32. The normalized spacial score (nSPS) is 17.9. The van der Waals surface area contributed by atoms with Crippen molar-refractivity contribution in [2.45, 2.75) is 45.3 Å². The van der Waals surface area contributed by atoms with Gasteiger partial charge in [-0.3, -0.25) is 0 Å². The summed E-state index contributed by atoms with van der Waals surface area (Å²) in [6.07, 6.45) is 3.03. The van der Waals surface area contributed by atoms with E-state index in [1.807, 2.05) is 26.8 Å². The first kappa shape index (κ1) is 16.1. The maximum Gasteiger partial charge on any atom is 0.410 e. The minimum Gasteiger partial charge on any atom is -0.475 e. The molecule has 0 spiro atoms. The van der Waals surface area contributed by atoms with E-state index in [0.29, 0.717) is 24.6 Å².